The normalized spacial score (nSPS) is 27.6. The third-order valence-electron chi connectivity index (χ3n) is 3.00. The predicted octanol–water partition coefficient (Wildman–Crippen LogP) is 1.84. The Morgan fingerprint density at radius 1 is 1.43 bits per heavy atom. The first-order valence-corrected chi connectivity index (χ1v) is 6.83. The van der Waals surface area contributed by atoms with E-state index in [0.717, 1.165) is 37.5 Å². The molecule has 0 aromatic heterocycles. The van der Waals surface area contributed by atoms with Crippen molar-refractivity contribution in [2.45, 2.75) is 38.1 Å². The smallest absolute Gasteiger partial charge is 0.134 e. The van der Waals surface area contributed by atoms with Gasteiger partial charge in [0.15, 0.2) is 0 Å². The summed E-state index contributed by atoms with van der Waals surface area (Å²) in [5.41, 5.74) is 0. The first-order valence-electron chi connectivity index (χ1n) is 5.67. The maximum Gasteiger partial charge on any atom is 0.134 e. The van der Waals surface area contributed by atoms with Gasteiger partial charge < -0.3 is 5.32 Å². The maximum absolute atomic E-state index is 11.6. The standard InChI is InChI=1S/C11H19NOS/c13-11(4-3-9-1-2-9)7-10-8-14-6-5-12-10/h9-10,12H,1-8H2. The highest BCUT2D eigenvalue weighted by molar-refractivity contribution is 7.99. The van der Waals surface area contributed by atoms with Crippen LogP contribution in [0, 0.1) is 5.92 Å². The number of carbonyl (C=O) groups excluding carboxylic acids is 1. The first kappa shape index (κ1) is 10.5. The molecule has 1 heterocycles. The lowest BCUT2D eigenvalue weighted by Gasteiger charge is -2.22. The lowest BCUT2D eigenvalue weighted by atomic mass is 10.1. The molecule has 1 saturated carbocycles. The van der Waals surface area contributed by atoms with Crippen LogP contribution in [0.4, 0.5) is 0 Å². The summed E-state index contributed by atoms with van der Waals surface area (Å²) >= 11 is 1.97. The van der Waals surface area contributed by atoms with Crippen molar-refractivity contribution in [3.8, 4) is 0 Å². The minimum atomic E-state index is 0.459. The van der Waals surface area contributed by atoms with Crippen LogP contribution in [0.5, 0.6) is 0 Å². The lowest BCUT2D eigenvalue weighted by molar-refractivity contribution is -0.119. The van der Waals surface area contributed by atoms with Crippen molar-refractivity contribution >= 4 is 17.5 Å². The molecule has 0 bridgehead atoms. The third-order valence-corrected chi connectivity index (χ3v) is 4.13. The van der Waals surface area contributed by atoms with Gasteiger partial charge in [0.25, 0.3) is 0 Å². The van der Waals surface area contributed by atoms with E-state index < -0.39 is 0 Å². The van der Waals surface area contributed by atoms with Gasteiger partial charge in [0.05, 0.1) is 0 Å². The van der Waals surface area contributed by atoms with E-state index in [4.69, 9.17) is 0 Å². The highest BCUT2D eigenvalue weighted by Crippen LogP contribution is 2.33. The fourth-order valence-electron chi connectivity index (χ4n) is 1.90. The van der Waals surface area contributed by atoms with Gasteiger partial charge in [-0.2, -0.15) is 11.8 Å². The van der Waals surface area contributed by atoms with E-state index in [2.05, 4.69) is 5.32 Å². The zero-order valence-corrected chi connectivity index (χ0v) is 9.44. The zero-order valence-electron chi connectivity index (χ0n) is 8.63. The van der Waals surface area contributed by atoms with Gasteiger partial charge in [-0.15, -0.1) is 0 Å². The topological polar surface area (TPSA) is 29.1 Å². The van der Waals surface area contributed by atoms with E-state index in [1.807, 2.05) is 11.8 Å². The number of thioether (sulfide) groups is 1. The van der Waals surface area contributed by atoms with Crippen molar-refractivity contribution < 1.29 is 4.79 Å². The Hall–Kier alpha value is -0.0200. The number of nitrogens with one attached hydrogen (secondary N) is 1. The summed E-state index contributed by atoms with van der Waals surface area (Å²) < 4.78 is 0. The van der Waals surface area contributed by atoms with Gasteiger partial charge in [-0.3, -0.25) is 4.79 Å². The molecule has 1 aliphatic heterocycles. The largest absolute Gasteiger partial charge is 0.312 e. The van der Waals surface area contributed by atoms with E-state index in [1.165, 1.54) is 18.6 Å². The van der Waals surface area contributed by atoms with Crippen molar-refractivity contribution in [2.75, 3.05) is 18.1 Å². The molecule has 0 aromatic carbocycles. The van der Waals surface area contributed by atoms with Crippen molar-refractivity contribution in [3.63, 3.8) is 0 Å². The molecule has 80 valence electrons. The van der Waals surface area contributed by atoms with Crippen molar-refractivity contribution in [1.29, 1.82) is 0 Å². The highest BCUT2D eigenvalue weighted by Gasteiger charge is 2.23. The zero-order chi connectivity index (χ0) is 9.80. The number of rotatable bonds is 5. The third kappa shape index (κ3) is 3.62. The Morgan fingerprint density at radius 3 is 2.93 bits per heavy atom. The molecule has 1 atom stereocenters. The van der Waals surface area contributed by atoms with Crippen molar-refractivity contribution in [2.24, 2.45) is 5.92 Å². The second-order valence-electron chi connectivity index (χ2n) is 4.45. The fourth-order valence-corrected chi connectivity index (χ4v) is 2.85. The SMILES string of the molecule is O=C(CCC1CC1)CC1CSCCN1. The van der Waals surface area contributed by atoms with Gasteiger partial charge in [-0.05, 0) is 12.3 Å². The van der Waals surface area contributed by atoms with Gasteiger partial charge in [0, 0.05) is 36.9 Å². The molecular formula is C11H19NOS. The fraction of sp³-hybridized carbons (Fsp3) is 0.909. The number of ketones is 1. The summed E-state index contributed by atoms with van der Waals surface area (Å²) in [6, 6.07) is 0.459. The number of hydrogen-bond donors (Lipinski definition) is 1. The number of carbonyl (C=O) groups is 1. The summed E-state index contributed by atoms with van der Waals surface area (Å²) in [4.78, 5) is 11.6. The molecule has 0 radical (unpaired) electrons. The molecule has 14 heavy (non-hydrogen) atoms. The molecule has 0 amide bonds. The van der Waals surface area contributed by atoms with E-state index in [0.29, 0.717) is 11.8 Å². The summed E-state index contributed by atoms with van der Waals surface area (Å²) in [6.45, 7) is 1.07. The Labute approximate surface area is 90.2 Å². The summed E-state index contributed by atoms with van der Waals surface area (Å²) in [5, 5.41) is 3.41. The molecule has 1 N–H and O–H groups in total. The minimum absolute atomic E-state index is 0.459. The average Bonchev–Trinajstić information content (AvgIpc) is 3.00. The molecule has 2 nitrogen and oxygen atoms in total. The number of hydrogen-bond acceptors (Lipinski definition) is 3. The molecule has 2 aliphatic rings. The minimum Gasteiger partial charge on any atom is -0.312 e. The average molecular weight is 213 g/mol. The Kier molecular flexibility index (Phi) is 3.88. The van der Waals surface area contributed by atoms with E-state index in [9.17, 15) is 4.79 Å². The van der Waals surface area contributed by atoms with Crippen LogP contribution in [0.2, 0.25) is 0 Å². The number of Topliss-reactive ketones (excluding diaryl/α,β-unsaturated/α-hetero) is 1. The van der Waals surface area contributed by atoms with Crippen LogP contribution in [0.15, 0.2) is 0 Å². The maximum atomic E-state index is 11.6. The molecule has 0 aromatic rings. The second-order valence-corrected chi connectivity index (χ2v) is 5.60. The van der Waals surface area contributed by atoms with Gasteiger partial charge >= 0.3 is 0 Å². The second kappa shape index (κ2) is 5.17. The van der Waals surface area contributed by atoms with Crippen LogP contribution in [-0.2, 0) is 4.79 Å². The van der Waals surface area contributed by atoms with E-state index in [1.54, 1.807) is 0 Å². The summed E-state index contributed by atoms with van der Waals surface area (Å²) in [7, 11) is 0. The molecule has 1 saturated heterocycles. The van der Waals surface area contributed by atoms with Crippen molar-refractivity contribution in [1.82, 2.24) is 5.32 Å². The van der Waals surface area contributed by atoms with Crippen LogP contribution < -0.4 is 5.32 Å². The van der Waals surface area contributed by atoms with Crippen LogP contribution in [0.1, 0.15) is 32.1 Å². The molecule has 1 unspecified atom stereocenters. The molecule has 0 spiro atoms. The molecule has 2 rings (SSSR count). The molecule has 3 heteroatoms. The van der Waals surface area contributed by atoms with Gasteiger partial charge in [0.1, 0.15) is 5.78 Å². The van der Waals surface area contributed by atoms with Gasteiger partial charge in [0.2, 0.25) is 0 Å². The van der Waals surface area contributed by atoms with Crippen LogP contribution in [0.3, 0.4) is 0 Å². The van der Waals surface area contributed by atoms with Crippen LogP contribution in [0.25, 0.3) is 0 Å². The summed E-state index contributed by atoms with van der Waals surface area (Å²) in [6.07, 6.45) is 5.47. The van der Waals surface area contributed by atoms with Crippen molar-refractivity contribution in [3.05, 3.63) is 0 Å². The molecule has 1 aliphatic carbocycles. The Morgan fingerprint density at radius 2 is 2.29 bits per heavy atom. The van der Waals surface area contributed by atoms with Gasteiger partial charge in [-0.25, -0.2) is 0 Å². The van der Waals surface area contributed by atoms with E-state index >= 15 is 0 Å². The first-order chi connectivity index (χ1) is 6.84. The Bertz CT molecular complexity index is 197. The lowest BCUT2D eigenvalue weighted by Crippen LogP contribution is -2.38. The molecular weight excluding hydrogens is 194 g/mol. The predicted molar refractivity (Wildman–Crippen MR) is 60.7 cm³/mol. The quantitative estimate of drug-likeness (QED) is 0.755. The highest BCUT2D eigenvalue weighted by atomic mass is 32.2. The summed E-state index contributed by atoms with van der Waals surface area (Å²) in [5.74, 6) is 3.69. The van der Waals surface area contributed by atoms with Crippen LogP contribution >= 0.6 is 11.8 Å². The van der Waals surface area contributed by atoms with E-state index in [-0.39, 0.29) is 0 Å². The Balaban J connectivity index is 1.59. The van der Waals surface area contributed by atoms with Gasteiger partial charge in [-0.1, -0.05) is 12.8 Å². The molecule has 2 fully saturated rings. The van der Waals surface area contributed by atoms with Crippen LogP contribution in [-0.4, -0.2) is 29.9 Å². The monoisotopic (exact) mass is 213 g/mol.